The topological polar surface area (TPSA) is 40.5 Å². The van der Waals surface area contributed by atoms with E-state index in [1.807, 2.05) is 61.2 Å². The lowest BCUT2D eigenvalue weighted by atomic mass is 9.97. The van der Waals surface area contributed by atoms with Gasteiger partial charge in [-0.1, -0.05) is 55.0 Å². The standard InChI is InChI=1S/C19H21NO2/c1-3-18(21)20-11-16-9-8-15(10-17(16)12-20)19(22)14-6-4-13(2)5-7-14/h4-10,19,22H,3,11-12H2,1-2H3. The van der Waals surface area contributed by atoms with Crippen LogP contribution in [0.5, 0.6) is 0 Å². The van der Waals surface area contributed by atoms with Gasteiger partial charge in [0.2, 0.25) is 5.91 Å². The van der Waals surface area contributed by atoms with Crippen LogP contribution >= 0.6 is 0 Å². The van der Waals surface area contributed by atoms with Crippen LogP contribution in [0.4, 0.5) is 0 Å². The number of benzene rings is 2. The van der Waals surface area contributed by atoms with Gasteiger partial charge in [-0.3, -0.25) is 4.79 Å². The van der Waals surface area contributed by atoms with Crippen molar-refractivity contribution in [3.8, 4) is 0 Å². The Hall–Kier alpha value is -2.13. The molecule has 0 saturated carbocycles. The van der Waals surface area contributed by atoms with Crippen LogP contribution in [0.15, 0.2) is 42.5 Å². The largest absolute Gasteiger partial charge is 0.384 e. The first-order valence-electron chi connectivity index (χ1n) is 7.72. The Labute approximate surface area is 131 Å². The second-order valence-electron chi connectivity index (χ2n) is 5.94. The SMILES string of the molecule is CCC(=O)N1Cc2ccc(C(O)c3ccc(C)cc3)cc2C1. The molecule has 22 heavy (non-hydrogen) atoms. The first-order chi connectivity index (χ1) is 10.6. The number of nitrogens with zero attached hydrogens (tertiary/aromatic N) is 1. The van der Waals surface area contributed by atoms with Crippen LogP contribution < -0.4 is 0 Å². The van der Waals surface area contributed by atoms with E-state index in [0.717, 1.165) is 16.7 Å². The molecule has 1 atom stereocenters. The summed E-state index contributed by atoms with van der Waals surface area (Å²) in [4.78, 5) is 13.7. The molecule has 2 aromatic rings. The van der Waals surface area contributed by atoms with Crippen molar-refractivity contribution in [2.45, 2.75) is 39.5 Å². The minimum absolute atomic E-state index is 0.178. The summed E-state index contributed by atoms with van der Waals surface area (Å²) in [5.74, 6) is 0.178. The molecule has 1 unspecified atom stereocenters. The molecule has 1 heterocycles. The zero-order valence-corrected chi connectivity index (χ0v) is 13.0. The lowest BCUT2D eigenvalue weighted by Crippen LogP contribution is -2.23. The van der Waals surface area contributed by atoms with Gasteiger partial charge >= 0.3 is 0 Å². The molecule has 0 aromatic heterocycles. The highest BCUT2D eigenvalue weighted by Crippen LogP contribution is 2.29. The van der Waals surface area contributed by atoms with Crippen molar-refractivity contribution in [3.63, 3.8) is 0 Å². The molecule has 0 radical (unpaired) electrons. The minimum atomic E-state index is -0.623. The van der Waals surface area contributed by atoms with E-state index in [0.29, 0.717) is 19.5 Å². The lowest BCUT2D eigenvalue weighted by molar-refractivity contribution is -0.131. The molecule has 0 aliphatic carbocycles. The van der Waals surface area contributed by atoms with Crippen molar-refractivity contribution in [2.24, 2.45) is 0 Å². The normalized spacial score (nSPS) is 14.8. The molecule has 0 bridgehead atoms. The Morgan fingerprint density at radius 2 is 1.73 bits per heavy atom. The molecular weight excluding hydrogens is 274 g/mol. The summed E-state index contributed by atoms with van der Waals surface area (Å²) in [6.07, 6.45) is -0.0887. The summed E-state index contributed by atoms with van der Waals surface area (Å²) in [6.45, 7) is 5.25. The summed E-state index contributed by atoms with van der Waals surface area (Å²) in [6, 6.07) is 14.0. The van der Waals surface area contributed by atoms with E-state index < -0.39 is 6.10 Å². The van der Waals surface area contributed by atoms with Crippen molar-refractivity contribution in [1.82, 2.24) is 4.90 Å². The van der Waals surface area contributed by atoms with E-state index in [-0.39, 0.29) is 5.91 Å². The lowest BCUT2D eigenvalue weighted by Gasteiger charge is -2.13. The predicted molar refractivity (Wildman–Crippen MR) is 86.2 cm³/mol. The number of hydrogen-bond donors (Lipinski definition) is 1. The summed E-state index contributed by atoms with van der Waals surface area (Å²) in [7, 11) is 0. The quantitative estimate of drug-likeness (QED) is 0.943. The van der Waals surface area contributed by atoms with Crippen LogP contribution in [-0.2, 0) is 17.9 Å². The zero-order chi connectivity index (χ0) is 15.7. The highest BCUT2D eigenvalue weighted by Gasteiger charge is 2.23. The number of amides is 1. The number of hydrogen-bond acceptors (Lipinski definition) is 2. The number of carbonyl (C=O) groups excluding carboxylic acids is 1. The molecule has 1 aliphatic heterocycles. The van der Waals surface area contributed by atoms with Crippen molar-refractivity contribution < 1.29 is 9.90 Å². The van der Waals surface area contributed by atoms with Gasteiger partial charge in [0.05, 0.1) is 0 Å². The van der Waals surface area contributed by atoms with Crippen LogP contribution in [0.25, 0.3) is 0 Å². The van der Waals surface area contributed by atoms with E-state index in [4.69, 9.17) is 0 Å². The highest BCUT2D eigenvalue weighted by atomic mass is 16.3. The maximum atomic E-state index is 11.8. The molecule has 114 valence electrons. The fourth-order valence-electron chi connectivity index (χ4n) is 2.93. The van der Waals surface area contributed by atoms with Crippen molar-refractivity contribution >= 4 is 5.91 Å². The number of carbonyl (C=O) groups is 1. The van der Waals surface area contributed by atoms with E-state index in [9.17, 15) is 9.90 Å². The Morgan fingerprint density at radius 1 is 1.09 bits per heavy atom. The maximum Gasteiger partial charge on any atom is 0.222 e. The number of aliphatic hydroxyl groups excluding tert-OH is 1. The third-order valence-electron chi connectivity index (χ3n) is 4.32. The highest BCUT2D eigenvalue weighted by molar-refractivity contribution is 5.76. The molecule has 3 nitrogen and oxygen atoms in total. The molecule has 1 aliphatic rings. The van der Waals surface area contributed by atoms with Gasteiger partial charge in [0.15, 0.2) is 0 Å². The van der Waals surface area contributed by atoms with Crippen LogP contribution in [0, 0.1) is 6.92 Å². The monoisotopic (exact) mass is 295 g/mol. The Bertz CT molecular complexity index is 691. The molecule has 1 amide bonds. The van der Waals surface area contributed by atoms with Crippen LogP contribution in [-0.4, -0.2) is 15.9 Å². The summed E-state index contributed by atoms with van der Waals surface area (Å²) >= 11 is 0. The Balaban J connectivity index is 1.83. The van der Waals surface area contributed by atoms with Crippen LogP contribution in [0.1, 0.15) is 47.3 Å². The van der Waals surface area contributed by atoms with Crippen molar-refractivity contribution in [1.29, 1.82) is 0 Å². The summed E-state index contributed by atoms with van der Waals surface area (Å²) in [5.41, 5.74) is 5.28. The van der Waals surface area contributed by atoms with Gasteiger partial charge in [-0.2, -0.15) is 0 Å². The van der Waals surface area contributed by atoms with Crippen molar-refractivity contribution in [3.05, 3.63) is 70.3 Å². The summed E-state index contributed by atoms with van der Waals surface area (Å²) < 4.78 is 0. The fraction of sp³-hybridized carbons (Fsp3) is 0.316. The zero-order valence-electron chi connectivity index (χ0n) is 13.0. The summed E-state index contributed by atoms with van der Waals surface area (Å²) in [5, 5.41) is 10.6. The van der Waals surface area contributed by atoms with E-state index in [2.05, 4.69) is 0 Å². The average Bonchev–Trinajstić information content (AvgIpc) is 2.97. The predicted octanol–water partition coefficient (Wildman–Crippen LogP) is 3.33. The van der Waals surface area contributed by atoms with Gasteiger partial charge in [-0.15, -0.1) is 0 Å². The van der Waals surface area contributed by atoms with Crippen LogP contribution in [0.2, 0.25) is 0 Å². The molecule has 0 spiro atoms. The van der Waals surface area contributed by atoms with E-state index in [1.165, 1.54) is 11.1 Å². The number of aliphatic hydroxyl groups is 1. The molecule has 3 heteroatoms. The molecule has 2 aromatic carbocycles. The second-order valence-corrected chi connectivity index (χ2v) is 5.94. The van der Waals surface area contributed by atoms with Gasteiger partial charge in [0.1, 0.15) is 6.10 Å². The third kappa shape index (κ3) is 2.77. The minimum Gasteiger partial charge on any atom is -0.384 e. The Morgan fingerprint density at radius 3 is 2.41 bits per heavy atom. The third-order valence-corrected chi connectivity index (χ3v) is 4.32. The second kappa shape index (κ2) is 5.93. The van der Waals surface area contributed by atoms with Gasteiger partial charge in [0, 0.05) is 19.5 Å². The first kappa shape index (κ1) is 14.8. The molecule has 0 fully saturated rings. The van der Waals surface area contributed by atoms with E-state index >= 15 is 0 Å². The van der Waals surface area contributed by atoms with Gasteiger partial charge in [-0.25, -0.2) is 0 Å². The Kier molecular flexibility index (Phi) is 3.99. The van der Waals surface area contributed by atoms with E-state index in [1.54, 1.807) is 0 Å². The number of rotatable bonds is 3. The smallest absolute Gasteiger partial charge is 0.222 e. The molecular formula is C19H21NO2. The van der Waals surface area contributed by atoms with Gasteiger partial charge in [-0.05, 0) is 29.2 Å². The number of aryl methyl sites for hydroxylation is 1. The first-order valence-corrected chi connectivity index (χ1v) is 7.72. The number of fused-ring (bicyclic) bond motifs is 1. The maximum absolute atomic E-state index is 11.8. The molecule has 1 N–H and O–H groups in total. The van der Waals surface area contributed by atoms with Gasteiger partial charge in [0.25, 0.3) is 0 Å². The fourth-order valence-corrected chi connectivity index (χ4v) is 2.93. The average molecular weight is 295 g/mol. The molecule has 0 saturated heterocycles. The van der Waals surface area contributed by atoms with Crippen molar-refractivity contribution in [2.75, 3.05) is 0 Å². The van der Waals surface area contributed by atoms with Crippen LogP contribution in [0.3, 0.4) is 0 Å². The van der Waals surface area contributed by atoms with Gasteiger partial charge < -0.3 is 10.0 Å². The molecule has 3 rings (SSSR count).